The monoisotopic (exact) mass is 351 g/mol. The van der Waals surface area contributed by atoms with Crippen LogP contribution in [0.15, 0.2) is 66.0 Å². The number of benzene rings is 2. The standard InChI is InChI=1S/C21H21NO2S/c1-15-10-11-16(2)18(13-15)24-14-20(23)22-21(19-9-6-12-25-19)17-7-4-3-5-8-17/h3-13,21H,14H2,1-2H3,(H,22,23)/t21-/m1/s1. The van der Waals surface area contributed by atoms with E-state index in [0.29, 0.717) is 0 Å². The van der Waals surface area contributed by atoms with Crippen molar-refractivity contribution >= 4 is 17.2 Å². The van der Waals surface area contributed by atoms with Gasteiger partial charge < -0.3 is 10.1 Å². The topological polar surface area (TPSA) is 38.3 Å². The molecule has 2 aromatic carbocycles. The lowest BCUT2D eigenvalue weighted by Crippen LogP contribution is -2.33. The van der Waals surface area contributed by atoms with E-state index in [1.807, 2.05) is 79.9 Å². The summed E-state index contributed by atoms with van der Waals surface area (Å²) in [5, 5.41) is 5.10. The fourth-order valence-corrected chi connectivity index (χ4v) is 3.43. The lowest BCUT2D eigenvalue weighted by molar-refractivity contribution is -0.123. The summed E-state index contributed by atoms with van der Waals surface area (Å²) in [7, 11) is 0. The van der Waals surface area contributed by atoms with Crippen molar-refractivity contribution < 1.29 is 9.53 Å². The molecule has 0 aliphatic carbocycles. The van der Waals surface area contributed by atoms with Crippen molar-refractivity contribution in [3.8, 4) is 5.75 Å². The summed E-state index contributed by atoms with van der Waals surface area (Å²) in [5.74, 6) is 0.616. The first kappa shape index (κ1) is 17.2. The first-order chi connectivity index (χ1) is 12.1. The molecule has 1 atom stereocenters. The molecule has 1 N–H and O–H groups in total. The van der Waals surface area contributed by atoms with Gasteiger partial charge in [-0.2, -0.15) is 0 Å². The van der Waals surface area contributed by atoms with E-state index in [1.54, 1.807) is 11.3 Å². The molecule has 0 unspecified atom stereocenters. The molecule has 0 saturated heterocycles. The van der Waals surface area contributed by atoms with Crippen molar-refractivity contribution in [3.05, 3.63) is 87.6 Å². The van der Waals surface area contributed by atoms with Gasteiger partial charge in [0.25, 0.3) is 5.91 Å². The quantitative estimate of drug-likeness (QED) is 0.702. The molecule has 0 fully saturated rings. The smallest absolute Gasteiger partial charge is 0.258 e. The average molecular weight is 351 g/mol. The van der Waals surface area contributed by atoms with Crippen LogP contribution in [0.25, 0.3) is 0 Å². The highest BCUT2D eigenvalue weighted by atomic mass is 32.1. The second kappa shape index (κ2) is 7.99. The molecule has 3 rings (SSSR count). The van der Waals surface area contributed by atoms with E-state index in [4.69, 9.17) is 4.74 Å². The van der Waals surface area contributed by atoms with Gasteiger partial charge in [0.15, 0.2) is 6.61 Å². The van der Waals surface area contributed by atoms with Crippen molar-refractivity contribution in [2.45, 2.75) is 19.9 Å². The SMILES string of the molecule is Cc1ccc(C)c(OCC(=O)N[C@H](c2ccccc2)c2cccs2)c1. The van der Waals surface area contributed by atoms with Crippen LogP contribution >= 0.6 is 11.3 Å². The number of amides is 1. The van der Waals surface area contributed by atoms with Crippen LogP contribution in [0.2, 0.25) is 0 Å². The van der Waals surface area contributed by atoms with Crippen molar-refractivity contribution in [2.75, 3.05) is 6.61 Å². The van der Waals surface area contributed by atoms with Gasteiger partial charge in [-0.25, -0.2) is 0 Å². The van der Waals surface area contributed by atoms with Gasteiger partial charge in [-0.15, -0.1) is 11.3 Å². The van der Waals surface area contributed by atoms with Gasteiger partial charge >= 0.3 is 0 Å². The number of thiophene rings is 1. The Balaban J connectivity index is 1.70. The normalized spacial score (nSPS) is 11.8. The predicted molar refractivity (Wildman–Crippen MR) is 102 cm³/mol. The van der Waals surface area contributed by atoms with Crippen molar-refractivity contribution in [1.82, 2.24) is 5.32 Å². The largest absolute Gasteiger partial charge is 0.483 e. The number of hydrogen-bond donors (Lipinski definition) is 1. The fraction of sp³-hybridized carbons (Fsp3) is 0.190. The summed E-state index contributed by atoms with van der Waals surface area (Å²) in [4.78, 5) is 13.6. The highest BCUT2D eigenvalue weighted by Crippen LogP contribution is 2.26. The maximum atomic E-state index is 12.5. The third-order valence-corrected chi connectivity index (χ3v) is 4.91. The maximum absolute atomic E-state index is 12.5. The number of ether oxygens (including phenoxy) is 1. The van der Waals surface area contributed by atoms with Crippen LogP contribution in [0.3, 0.4) is 0 Å². The van der Waals surface area contributed by atoms with E-state index in [1.165, 1.54) is 0 Å². The summed E-state index contributed by atoms with van der Waals surface area (Å²) in [6, 6.07) is 19.8. The molecule has 0 spiro atoms. The zero-order chi connectivity index (χ0) is 17.6. The number of carbonyl (C=O) groups is 1. The van der Waals surface area contributed by atoms with Crippen molar-refractivity contribution in [3.63, 3.8) is 0 Å². The Morgan fingerprint density at radius 3 is 2.60 bits per heavy atom. The van der Waals surface area contributed by atoms with E-state index in [9.17, 15) is 4.79 Å². The zero-order valence-electron chi connectivity index (χ0n) is 14.4. The first-order valence-electron chi connectivity index (χ1n) is 8.21. The fourth-order valence-electron chi connectivity index (χ4n) is 2.63. The molecule has 25 heavy (non-hydrogen) atoms. The van der Waals surface area contributed by atoms with Crippen molar-refractivity contribution in [1.29, 1.82) is 0 Å². The third kappa shape index (κ3) is 4.48. The summed E-state index contributed by atoms with van der Waals surface area (Å²) in [5.41, 5.74) is 3.20. The molecule has 128 valence electrons. The molecule has 0 aliphatic rings. The summed E-state index contributed by atoms with van der Waals surface area (Å²) < 4.78 is 5.72. The summed E-state index contributed by atoms with van der Waals surface area (Å²) >= 11 is 1.63. The highest BCUT2D eigenvalue weighted by Gasteiger charge is 2.18. The molecule has 1 amide bonds. The lowest BCUT2D eigenvalue weighted by Gasteiger charge is -2.18. The van der Waals surface area contributed by atoms with E-state index in [0.717, 1.165) is 27.3 Å². The number of rotatable bonds is 6. The van der Waals surface area contributed by atoms with Gasteiger partial charge in [-0.3, -0.25) is 4.79 Å². The molecular formula is C21H21NO2S. The number of hydrogen-bond acceptors (Lipinski definition) is 3. The molecule has 0 bridgehead atoms. The molecule has 0 saturated carbocycles. The first-order valence-corrected chi connectivity index (χ1v) is 9.09. The van der Waals surface area contributed by atoms with Crippen molar-refractivity contribution in [2.24, 2.45) is 0 Å². The summed E-state index contributed by atoms with van der Waals surface area (Å²) in [6.45, 7) is 3.98. The number of carbonyl (C=O) groups excluding carboxylic acids is 1. The Morgan fingerprint density at radius 1 is 1.08 bits per heavy atom. The second-order valence-corrected chi connectivity index (χ2v) is 6.96. The molecule has 3 nitrogen and oxygen atoms in total. The predicted octanol–water partition coefficient (Wildman–Crippen LogP) is 4.65. The lowest BCUT2D eigenvalue weighted by atomic mass is 10.1. The van der Waals surface area contributed by atoms with Gasteiger partial charge in [0, 0.05) is 4.88 Å². The second-order valence-electron chi connectivity index (χ2n) is 5.98. The molecule has 1 heterocycles. The van der Waals surface area contributed by atoms with Crippen LogP contribution < -0.4 is 10.1 Å². The molecule has 0 aliphatic heterocycles. The molecule has 0 radical (unpaired) electrons. The van der Waals surface area contributed by atoms with Gasteiger partial charge in [-0.05, 0) is 48.1 Å². The zero-order valence-corrected chi connectivity index (χ0v) is 15.2. The van der Waals surface area contributed by atoms with Gasteiger partial charge in [-0.1, -0.05) is 48.5 Å². The van der Waals surface area contributed by atoms with E-state index < -0.39 is 0 Å². The Morgan fingerprint density at radius 2 is 1.88 bits per heavy atom. The van der Waals surface area contributed by atoms with Gasteiger partial charge in [0.2, 0.25) is 0 Å². The maximum Gasteiger partial charge on any atom is 0.258 e. The Kier molecular flexibility index (Phi) is 5.51. The van der Waals surface area contributed by atoms with Gasteiger partial charge in [0.1, 0.15) is 5.75 Å². The van der Waals surface area contributed by atoms with Crippen LogP contribution in [0.4, 0.5) is 0 Å². The van der Waals surface area contributed by atoms with Crippen LogP contribution in [0.1, 0.15) is 27.6 Å². The highest BCUT2D eigenvalue weighted by molar-refractivity contribution is 7.10. The molecule has 1 aromatic heterocycles. The van der Waals surface area contributed by atoms with Crippen LogP contribution in [-0.2, 0) is 4.79 Å². The van der Waals surface area contributed by atoms with E-state index in [2.05, 4.69) is 5.32 Å². The summed E-state index contributed by atoms with van der Waals surface area (Å²) in [6.07, 6.45) is 0. The number of aryl methyl sites for hydroxylation is 2. The van der Waals surface area contributed by atoms with Crippen LogP contribution in [-0.4, -0.2) is 12.5 Å². The minimum Gasteiger partial charge on any atom is -0.483 e. The van der Waals surface area contributed by atoms with E-state index in [-0.39, 0.29) is 18.6 Å². The minimum atomic E-state index is -0.157. The molecule has 4 heteroatoms. The van der Waals surface area contributed by atoms with Crippen LogP contribution in [0, 0.1) is 13.8 Å². The average Bonchev–Trinajstić information content (AvgIpc) is 3.15. The Bertz CT molecular complexity index is 828. The molecule has 3 aromatic rings. The minimum absolute atomic E-state index is 0.000990. The number of nitrogens with one attached hydrogen (secondary N) is 1. The third-order valence-electron chi connectivity index (χ3n) is 3.97. The Hall–Kier alpha value is -2.59. The molecular weight excluding hydrogens is 330 g/mol. The van der Waals surface area contributed by atoms with Crippen LogP contribution in [0.5, 0.6) is 5.75 Å². The Labute approximate surface area is 152 Å². The van der Waals surface area contributed by atoms with Gasteiger partial charge in [0.05, 0.1) is 6.04 Å². The van der Waals surface area contributed by atoms with E-state index >= 15 is 0 Å².